The van der Waals surface area contributed by atoms with Crippen molar-refractivity contribution in [3.63, 3.8) is 0 Å². The molecule has 4 aromatic heterocycles. The highest BCUT2D eigenvalue weighted by atomic mass is 32.1. The average Bonchev–Trinajstić information content (AvgIpc) is 3.76. The summed E-state index contributed by atoms with van der Waals surface area (Å²) in [6.07, 6.45) is 13.3. The molecule has 5 heterocycles. The molecule has 0 atom stereocenters. The van der Waals surface area contributed by atoms with Crippen molar-refractivity contribution in [2.24, 2.45) is 0 Å². The summed E-state index contributed by atoms with van der Waals surface area (Å²) >= 11 is 1.81. The number of nitrogens with one attached hydrogen (secondary N) is 2. The van der Waals surface area contributed by atoms with Gasteiger partial charge in [0.25, 0.3) is 0 Å². The van der Waals surface area contributed by atoms with Crippen molar-refractivity contribution in [3.05, 3.63) is 89.5 Å². The summed E-state index contributed by atoms with van der Waals surface area (Å²) in [5, 5.41) is 10.1. The first-order valence-corrected chi connectivity index (χ1v) is 14.7. The van der Waals surface area contributed by atoms with Crippen LogP contribution in [0.2, 0.25) is 0 Å². The number of allylic oxidation sites excluding steroid dienone is 5. The number of aromatic amines is 2. The fraction of sp³-hybridized carbons (Fsp3) is 0.273. The Kier molecular flexibility index (Phi) is 7.31. The standard InChI is InChI=1S/C33H35N5S/c1-4-23(9-8-18-38-16-6-7-17-38)19-24(5-2)25-11-12-29-28(20-25)32(37-36-29)30-21-27-26(14-15-34-33(27)35-30)31-13-10-22(3)39-31/h4-5,10-15,19-21H,1,6-9,16-18H2,2-3H3,(H,34,35)(H,36,37)/b23-19+,24-5+. The SMILES string of the molecule is C=C/C(=C\C(=C/C)c1ccc2[nH]nc(-c3cc4c(-c5ccc(C)s5)ccnc4[nH]3)c2c1)CCCN1CCCC1. The number of rotatable bonds is 9. The van der Waals surface area contributed by atoms with Crippen LogP contribution in [0.25, 0.3) is 49.3 Å². The van der Waals surface area contributed by atoms with Crippen molar-refractivity contribution in [2.75, 3.05) is 19.6 Å². The van der Waals surface area contributed by atoms with E-state index in [-0.39, 0.29) is 0 Å². The Bertz CT molecular complexity index is 1690. The summed E-state index contributed by atoms with van der Waals surface area (Å²) in [5.41, 5.74) is 8.63. The van der Waals surface area contributed by atoms with Crippen LogP contribution in [0.15, 0.2) is 79.0 Å². The average molecular weight is 534 g/mol. The summed E-state index contributed by atoms with van der Waals surface area (Å²) < 4.78 is 0. The molecule has 1 aliphatic rings. The first-order valence-electron chi connectivity index (χ1n) is 13.9. The highest BCUT2D eigenvalue weighted by molar-refractivity contribution is 7.15. The lowest BCUT2D eigenvalue weighted by Crippen LogP contribution is -2.20. The fourth-order valence-corrected chi connectivity index (χ4v) is 6.53. The Balaban J connectivity index is 1.30. The van der Waals surface area contributed by atoms with Crippen LogP contribution in [0, 0.1) is 6.92 Å². The Labute approximate surface area is 234 Å². The molecule has 198 valence electrons. The topological polar surface area (TPSA) is 60.6 Å². The fourth-order valence-electron chi connectivity index (χ4n) is 5.63. The third-order valence-electron chi connectivity index (χ3n) is 7.74. The second-order valence-corrected chi connectivity index (χ2v) is 11.7. The molecule has 0 radical (unpaired) electrons. The van der Waals surface area contributed by atoms with E-state index in [1.54, 1.807) is 11.3 Å². The summed E-state index contributed by atoms with van der Waals surface area (Å²) in [5.74, 6) is 0. The van der Waals surface area contributed by atoms with E-state index in [4.69, 9.17) is 5.10 Å². The van der Waals surface area contributed by atoms with Crippen LogP contribution in [-0.4, -0.2) is 44.7 Å². The van der Waals surface area contributed by atoms with Gasteiger partial charge in [0.05, 0.1) is 11.2 Å². The highest BCUT2D eigenvalue weighted by Gasteiger charge is 2.16. The van der Waals surface area contributed by atoms with Crippen molar-refractivity contribution in [1.82, 2.24) is 25.1 Å². The van der Waals surface area contributed by atoms with Gasteiger partial charge in [-0.2, -0.15) is 5.10 Å². The van der Waals surface area contributed by atoms with Crippen LogP contribution < -0.4 is 0 Å². The minimum Gasteiger partial charge on any atom is -0.338 e. The zero-order chi connectivity index (χ0) is 26.8. The van der Waals surface area contributed by atoms with Crippen molar-refractivity contribution in [3.8, 4) is 21.8 Å². The molecule has 1 saturated heterocycles. The van der Waals surface area contributed by atoms with Gasteiger partial charge in [-0.05, 0) is 112 Å². The number of hydrogen-bond acceptors (Lipinski definition) is 4. The quantitative estimate of drug-likeness (QED) is 0.187. The molecule has 6 rings (SSSR count). The number of likely N-dealkylation sites (tertiary alicyclic amines) is 1. The Morgan fingerprint density at radius 2 is 1.97 bits per heavy atom. The van der Waals surface area contributed by atoms with Crippen molar-refractivity contribution < 1.29 is 0 Å². The van der Waals surface area contributed by atoms with Crippen LogP contribution >= 0.6 is 11.3 Å². The molecular formula is C33H35N5S. The van der Waals surface area contributed by atoms with Crippen molar-refractivity contribution in [2.45, 2.75) is 39.5 Å². The number of pyridine rings is 1. The van der Waals surface area contributed by atoms with Crippen LogP contribution in [0.1, 0.15) is 43.0 Å². The van der Waals surface area contributed by atoms with Crippen LogP contribution in [0.3, 0.4) is 0 Å². The van der Waals surface area contributed by atoms with E-state index in [2.05, 4.69) is 95.0 Å². The van der Waals surface area contributed by atoms with Crippen molar-refractivity contribution >= 4 is 38.8 Å². The number of aromatic nitrogens is 4. The Morgan fingerprint density at radius 1 is 1.10 bits per heavy atom. The van der Waals surface area contributed by atoms with Gasteiger partial charge >= 0.3 is 0 Å². The van der Waals surface area contributed by atoms with Gasteiger partial charge in [-0.3, -0.25) is 5.10 Å². The monoisotopic (exact) mass is 533 g/mol. The predicted molar refractivity (Wildman–Crippen MR) is 166 cm³/mol. The molecule has 6 heteroatoms. The number of hydrogen-bond donors (Lipinski definition) is 2. The molecule has 0 aliphatic carbocycles. The van der Waals surface area contributed by atoms with Crippen LogP contribution in [0.5, 0.6) is 0 Å². The first-order chi connectivity index (χ1) is 19.1. The molecule has 0 unspecified atom stereocenters. The summed E-state index contributed by atoms with van der Waals surface area (Å²) in [4.78, 5) is 13.3. The van der Waals surface area contributed by atoms with E-state index >= 15 is 0 Å². The normalized spacial score (nSPS) is 15.1. The van der Waals surface area contributed by atoms with Gasteiger partial charge in [0.1, 0.15) is 11.3 Å². The van der Waals surface area contributed by atoms with E-state index in [0.717, 1.165) is 39.7 Å². The molecule has 5 nitrogen and oxygen atoms in total. The van der Waals surface area contributed by atoms with Gasteiger partial charge in [0, 0.05) is 32.3 Å². The smallest absolute Gasteiger partial charge is 0.138 e. The van der Waals surface area contributed by atoms with Gasteiger partial charge < -0.3 is 9.88 Å². The number of nitrogens with zero attached hydrogens (tertiary/aromatic N) is 3. The van der Waals surface area contributed by atoms with Crippen LogP contribution in [0.4, 0.5) is 0 Å². The van der Waals surface area contributed by atoms with Gasteiger partial charge in [-0.15, -0.1) is 11.3 Å². The molecule has 39 heavy (non-hydrogen) atoms. The van der Waals surface area contributed by atoms with E-state index in [1.807, 2.05) is 12.3 Å². The molecule has 5 aromatic rings. The maximum atomic E-state index is 4.71. The number of H-pyrrole nitrogens is 2. The van der Waals surface area contributed by atoms with E-state index in [0.29, 0.717) is 0 Å². The largest absolute Gasteiger partial charge is 0.338 e. The highest BCUT2D eigenvalue weighted by Crippen LogP contribution is 2.36. The zero-order valence-corrected chi connectivity index (χ0v) is 23.6. The third kappa shape index (κ3) is 5.27. The van der Waals surface area contributed by atoms with Crippen LogP contribution in [-0.2, 0) is 0 Å². The van der Waals surface area contributed by atoms with E-state index in [9.17, 15) is 0 Å². The molecule has 1 aromatic carbocycles. The Hall–Kier alpha value is -3.74. The number of thiophene rings is 1. The van der Waals surface area contributed by atoms with Gasteiger partial charge in [0.2, 0.25) is 0 Å². The summed E-state index contributed by atoms with van der Waals surface area (Å²) in [7, 11) is 0. The number of benzene rings is 1. The number of fused-ring (bicyclic) bond motifs is 2. The lowest BCUT2D eigenvalue weighted by molar-refractivity contribution is 0.334. The second-order valence-electron chi connectivity index (χ2n) is 10.4. The molecule has 1 aliphatic heterocycles. The van der Waals surface area contributed by atoms with E-state index < -0.39 is 0 Å². The zero-order valence-electron chi connectivity index (χ0n) is 22.8. The van der Waals surface area contributed by atoms with E-state index in [1.165, 1.54) is 70.9 Å². The number of aryl methyl sites for hydroxylation is 1. The molecule has 1 fully saturated rings. The molecule has 2 N–H and O–H groups in total. The lowest BCUT2D eigenvalue weighted by atomic mass is 9.98. The molecule has 0 amide bonds. The molecule has 0 saturated carbocycles. The minimum absolute atomic E-state index is 0.877. The third-order valence-corrected chi connectivity index (χ3v) is 8.78. The predicted octanol–water partition coefficient (Wildman–Crippen LogP) is 8.53. The minimum atomic E-state index is 0.877. The van der Waals surface area contributed by atoms with Crippen molar-refractivity contribution in [1.29, 1.82) is 0 Å². The van der Waals surface area contributed by atoms with Gasteiger partial charge in [-0.1, -0.05) is 30.9 Å². The van der Waals surface area contributed by atoms with Gasteiger partial charge in [0.15, 0.2) is 0 Å². The molecule has 0 spiro atoms. The Morgan fingerprint density at radius 3 is 2.74 bits per heavy atom. The first kappa shape index (κ1) is 25.5. The van der Waals surface area contributed by atoms with Gasteiger partial charge in [-0.25, -0.2) is 4.98 Å². The lowest BCUT2D eigenvalue weighted by Gasteiger charge is -2.14. The maximum Gasteiger partial charge on any atom is 0.138 e. The molecular weight excluding hydrogens is 498 g/mol. The summed E-state index contributed by atoms with van der Waals surface area (Å²) in [6, 6.07) is 15.2. The summed E-state index contributed by atoms with van der Waals surface area (Å²) in [6.45, 7) is 12.0. The second kappa shape index (κ2) is 11.2. The molecule has 0 bridgehead atoms. The maximum absolute atomic E-state index is 4.71.